The number of aryl methyl sites for hydroxylation is 1. The van der Waals surface area contributed by atoms with Gasteiger partial charge in [-0.2, -0.15) is 4.31 Å². The number of oxazole rings is 1. The van der Waals surface area contributed by atoms with Gasteiger partial charge in [0.1, 0.15) is 5.82 Å². The highest BCUT2D eigenvalue weighted by Gasteiger charge is 2.25. The molecule has 2 heterocycles. The van der Waals surface area contributed by atoms with E-state index in [1.54, 1.807) is 30.3 Å². The van der Waals surface area contributed by atoms with Gasteiger partial charge in [0.2, 0.25) is 15.9 Å². The highest BCUT2D eigenvalue weighted by Crippen LogP contribution is 2.24. The maximum Gasteiger partial charge on any atom is 0.243 e. The summed E-state index contributed by atoms with van der Waals surface area (Å²) in [7, 11) is -3.50. The third kappa shape index (κ3) is 5.05. The van der Waals surface area contributed by atoms with Gasteiger partial charge in [-0.25, -0.2) is 17.8 Å². The van der Waals surface area contributed by atoms with Crippen LogP contribution in [-0.2, 0) is 21.2 Å². The summed E-state index contributed by atoms with van der Waals surface area (Å²) in [6, 6.07) is 12.4. The molecule has 1 aromatic heterocycles. The number of sulfonamides is 1. The molecule has 0 aliphatic carbocycles. The van der Waals surface area contributed by atoms with Crippen LogP contribution in [-0.4, -0.2) is 36.7 Å². The first-order valence-corrected chi connectivity index (χ1v) is 12.0. The van der Waals surface area contributed by atoms with E-state index in [2.05, 4.69) is 10.3 Å². The number of piperidine rings is 1. The fourth-order valence-electron chi connectivity index (χ4n) is 3.62. The van der Waals surface area contributed by atoms with E-state index in [1.165, 1.54) is 28.7 Å². The summed E-state index contributed by atoms with van der Waals surface area (Å²) in [4.78, 5) is 16.6. The van der Waals surface area contributed by atoms with Gasteiger partial charge in [-0.3, -0.25) is 4.79 Å². The average molecular weight is 458 g/mol. The number of carbonyl (C=O) groups excluding carboxylic acids is 1. The van der Waals surface area contributed by atoms with Crippen molar-refractivity contribution >= 4 is 21.6 Å². The van der Waals surface area contributed by atoms with Crippen molar-refractivity contribution in [3.63, 3.8) is 0 Å². The molecule has 1 N–H and O–H groups in total. The van der Waals surface area contributed by atoms with E-state index >= 15 is 0 Å². The van der Waals surface area contributed by atoms with E-state index in [1.807, 2.05) is 0 Å². The van der Waals surface area contributed by atoms with Crippen molar-refractivity contribution in [2.24, 2.45) is 0 Å². The van der Waals surface area contributed by atoms with E-state index in [0.29, 0.717) is 36.0 Å². The molecule has 3 aromatic rings. The molecule has 4 rings (SSSR count). The topological polar surface area (TPSA) is 92.5 Å². The quantitative estimate of drug-likeness (QED) is 0.573. The lowest BCUT2D eigenvalue weighted by Crippen LogP contribution is -2.35. The van der Waals surface area contributed by atoms with E-state index in [9.17, 15) is 17.6 Å². The summed E-state index contributed by atoms with van der Waals surface area (Å²) < 4.78 is 46.3. The van der Waals surface area contributed by atoms with Crippen LogP contribution in [0.3, 0.4) is 0 Å². The molecule has 168 valence electrons. The Hall–Kier alpha value is -3.04. The summed E-state index contributed by atoms with van der Waals surface area (Å²) in [6.45, 7) is 1.08. The van der Waals surface area contributed by atoms with Crippen molar-refractivity contribution in [3.05, 3.63) is 66.4 Å². The Kier molecular flexibility index (Phi) is 6.66. The summed E-state index contributed by atoms with van der Waals surface area (Å²) in [6.07, 6.45) is 4.61. The standard InChI is InChI=1S/C23H24FN3O4S/c24-20-7-3-2-6-19(20)21-16-25-23(31-21)13-12-22(28)26-17-8-10-18(11-9-17)32(29,30)27-14-4-1-5-15-27/h2-3,6-11,16H,1,4-5,12-15H2,(H,26,28). The number of nitrogens with zero attached hydrogens (tertiary/aromatic N) is 2. The molecule has 0 saturated carbocycles. The largest absolute Gasteiger partial charge is 0.441 e. The van der Waals surface area contributed by atoms with Crippen molar-refractivity contribution in [2.75, 3.05) is 18.4 Å². The summed E-state index contributed by atoms with van der Waals surface area (Å²) in [5.41, 5.74) is 0.822. The maximum absolute atomic E-state index is 13.9. The van der Waals surface area contributed by atoms with Crippen molar-refractivity contribution in [1.82, 2.24) is 9.29 Å². The summed E-state index contributed by atoms with van der Waals surface area (Å²) in [5, 5.41) is 2.74. The van der Waals surface area contributed by atoms with Gasteiger partial charge >= 0.3 is 0 Å². The van der Waals surface area contributed by atoms with Crippen LogP contribution in [0.25, 0.3) is 11.3 Å². The number of aromatic nitrogens is 1. The zero-order chi connectivity index (χ0) is 22.6. The Labute approximate surface area is 186 Å². The molecule has 0 bridgehead atoms. The molecule has 1 aliphatic heterocycles. The van der Waals surface area contributed by atoms with Gasteiger partial charge < -0.3 is 9.73 Å². The molecule has 0 radical (unpaired) electrons. The summed E-state index contributed by atoms with van der Waals surface area (Å²) in [5.74, 6) is -0.0219. The van der Waals surface area contributed by atoms with Crippen molar-refractivity contribution in [3.8, 4) is 11.3 Å². The summed E-state index contributed by atoms with van der Waals surface area (Å²) >= 11 is 0. The predicted molar refractivity (Wildman–Crippen MR) is 118 cm³/mol. The molecule has 32 heavy (non-hydrogen) atoms. The van der Waals surface area contributed by atoms with Crippen LogP contribution >= 0.6 is 0 Å². The van der Waals surface area contributed by atoms with Crippen molar-refractivity contribution < 1.29 is 22.0 Å². The van der Waals surface area contributed by atoms with Crippen LogP contribution in [0.5, 0.6) is 0 Å². The first-order valence-electron chi connectivity index (χ1n) is 10.5. The zero-order valence-corrected chi connectivity index (χ0v) is 18.3. The molecule has 0 unspecified atom stereocenters. The van der Waals surface area contributed by atoms with E-state index < -0.39 is 15.8 Å². The third-order valence-corrected chi connectivity index (χ3v) is 7.26. The lowest BCUT2D eigenvalue weighted by molar-refractivity contribution is -0.116. The number of carbonyl (C=O) groups is 1. The van der Waals surface area contributed by atoms with Crippen LogP contribution in [0, 0.1) is 5.82 Å². The number of anilines is 1. The van der Waals surface area contributed by atoms with Crippen LogP contribution in [0.15, 0.2) is 64.0 Å². The van der Waals surface area contributed by atoms with Crippen LogP contribution in [0.4, 0.5) is 10.1 Å². The lowest BCUT2D eigenvalue weighted by Gasteiger charge is -2.25. The first kappa shape index (κ1) is 22.2. The second-order valence-electron chi connectivity index (χ2n) is 7.64. The van der Waals surface area contributed by atoms with Crippen molar-refractivity contribution in [1.29, 1.82) is 0 Å². The molecule has 7 nitrogen and oxygen atoms in total. The monoisotopic (exact) mass is 457 g/mol. The minimum Gasteiger partial charge on any atom is -0.441 e. The molecular formula is C23H24FN3O4S. The number of hydrogen-bond donors (Lipinski definition) is 1. The molecule has 2 aromatic carbocycles. The van der Waals surface area contributed by atoms with E-state index in [0.717, 1.165) is 19.3 Å². The van der Waals surface area contributed by atoms with Crippen LogP contribution < -0.4 is 5.32 Å². The lowest BCUT2D eigenvalue weighted by atomic mass is 10.2. The Bertz CT molecular complexity index is 1190. The van der Waals surface area contributed by atoms with E-state index in [4.69, 9.17) is 4.42 Å². The first-order chi connectivity index (χ1) is 15.4. The number of hydrogen-bond acceptors (Lipinski definition) is 5. The molecule has 9 heteroatoms. The highest BCUT2D eigenvalue weighted by atomic mass is 32.2. The molecular weight excluding hydrogens is 433 g/mol. The predicted octanol–water partition coefficient (Wildman–Crippen LogP) is 4.23. The fraction of sp³-hybridized carbons (Fsp3) is 0.304. The second-order valence-corrected chi connectivity index (χ2v) is 9.57. The average Bonchev–Trinajstić information content (AvgIpc) is 3.28. The third-order valence-electron chi connectivity index (χ3n) is 5.35. The minimum absolute atomic E-state index is 0.116. The van der Waals surface area contributed by atoms with Gasteiger partial charge in [0, 0.05) is 31.6 Å². The maximum atomic E-state index is 13.9. The molecule has 0 atom stereocenters. The van der Waals surface area contributed by atoms with Gasteiger partial charge in [-0.15, -0.1) is 0 Å². The Morgan fingerprint density at radius 1 is 1.06 bits per heavy atom. The molecule has 1 saturated heterocycles. The SMILES string of the molecule is O=C(CCc1ncc(-c2ccccc2F)o1)Nc1ccc(S(=O)(=O)N2CCCCC2)cc1. The van der Waals surface area contributed by atoms with Gasteiger partial charge in [-0.05, 0) is 49.2 Å². The zero-order valence-electron chi connectivity index (χ0n) is 17.5. The number of amides is 1. The number of nitrogens with one attached hydrogen (secondary N) is 1. The number of rotatable bonds is 7. The Morgan fingerprint density at radius 3 is 2.50 bits per heavy atom. The van der Waals surface area contributed by atoms with Gasteiger partial charge in [0.15, 0.2) is 11.7 Å². The van der Waals surface area contributed by atoms with Crippen LogP contribution in [0.2, 0.25) is 0 Å². The van der Waals surface area contributed by atoms with Gasteiger partial charge in [-0.1, -0.05) is 18.6 Å². The van der Waals surface area contributed by atoms with Crippen LogP contribution in [0.1, 0.15) is 31.6 Å². The van der Waals surface area contributed by atoms with Gasteiger partial charge in [0.05, 0.1) is 16.7 Å². The fourth-order valence-corrected chi connectivity index (χ4v) is 5.14. The normalized spacial score (nSPS) is 14.9. The van der Waals surface area contributed by atoms with E-state index in [-0.39, 0.29) is 23.6 Å². The highest BCUT2D eigenvalue weighted by molar-refractivity contribution is 7.89. The molecule has 1 amide bonds. The van der Waals surface area contributed by atoms with Crippen molar-refractivity contribution in [2.45, 2.75) is 37.0 Å². The molecule has 0 spiro atoms. The smallest absolute Gasteiger partial charge is 0.243 e. The molecule has 1 aliphatic rings. The Balaban J connectivity index is 1.32. The van der Waals surface area contributed by atoms with Gasteiger partial charge in [0.25, 0.3) is 0 Å². The number of halogens is 1. The minimum atomic E-state index is -3.50. The Morgan fingerprint density at radius 2 is 1.78 bits per heavy atom. The number of benzene rings is 2. The molecule has 1 fully saturated rings. The second kappa shape index (κ2) is 9.62.